The zero-order valence-electron chi connectivity index (χ0n) is 19.2. The third-order valence-corrected chi connectivity index (χ3v) is 7.73. The molecule has 6 heteroatoms. The highest BCUT2D eigenvalue weighted by atomic mass is 32.1. The van der Waals surface area contributed by atoms with Crippen LogP contribution >= 0.6 is 12.2 Å². The van der Waals surface area contributed by atoms with Crippen molar-refractivity contribution in [1.29, 1.82) is 0 Å². The predicted octanol–water partition coefficient (Wildman–Crippen LogP) is 4.53. The molecule has 1 aliphatic carbocycles. The largest absolute Gasteiger partial charge is 0.497 e. The molecule has 3 aliphatic heterocycles. The summed E-state index contributed by atoms with van der Waals surface area (Å²) in [5.41, 5.74) is 3.54. The maximum Gasteiger partial charge on any atom is 0.167 e. The lowest BCUT2D eigenvalue weighted by molar-refractivity contribution is 0.00430. The van der Waals surface area contributed by atoms with Crippen LogP contribution in [0.15, 0.2) is 66.9 Å². The molecule has 0 radical (unpaired) electrons. The van der Waals surface area contributed by atoms with Crippen LogP contribution in [0.1, 0.15) is 30.9 Å². The molecule has 4 aliphatic rings. The number of fused-ring (bicyclic) bond motifs is 4. The molecule has 4 unspecified atom stereocenters. The first kappa shape index (κ1) is 22.1. The van der Waals surface area contributed by atoms with Crippen molar-refractivity contribution in [2.45, 2.75) is 31.3 Å². The molecule has 2 aromatic rings. The first-order chi connectivity index (χ1) is 16.2. The minimum Gasteiger partial charge on any atom is -0.497 e. The molecule has 5 atom stereocenters. The van der Waals surface area contributed by atoms with Gasteiger partial charge in [0, 0.05) is 30.7 Å². The van der Waals surface area contributed by atoms with Gasteiger partial charge >= 0.3 is 0 Å². The molecule has 3 fully saturated rings. The second-order valence-corrected chi connectivity index (χ2v) is 9.70. The van der Waals surface area contributed by atoms with Gasteiger partial charge < -0.3 is 15.4 Å². The van der Waals surface area contributed by atoms with Crippen LogP contribution in [0.25, 0.3) is 10.9 Å². The third-order valence-electron chi connectivity index (χ3n) is 7.47. The van der Waals surface area contributed by atoms with E-state index in [4.69, 9.17) is 17.0 Å². The fraction of sp³-hybridized carbons (Fsp3) is 0.407. The topological polar surface area (TPSA) is 49.4 Å². The van der Waals surface area contributed by atoms with Crippen molar-refractivity contribution in [3.8, 4) is 5.75 Å². The summed E-state index contributed by atoms with van der Waals surface area (Å²) in [5.74, 6) is 2.10. The highest BCUT2D eigenvalue weighted by Gasteiger charge is 2.43. The summed E-state index contributed by atoms with van der Waals surface area (Å²) in [5, 5.41) is 8.96. The number of methoxy groups -OCH3 is 1. The van der Waals surface area contributed by atoms with Crippen molar-refractivity contribution in [2.24, 2.45) is 11.8 Å². The summed E-state index contributed by atoms with van der Waals surface area (Å²) in [7, 11) is 1.71. The van der Waals surface area contributed by atoms with Gasteiger partial charge in [-0.05, 0) is 85.3 Å². The Hall–Kier alpha value is -2.70. The Kier molecular flexibility index (Phi) is 6.47. The second kappa shape index (κ2) is 9.65. The van der Waals surface area contributed by atoms with Crippen LogP contribution in [0, 0.1) is 11.8 Å². The Morgan fingerprint density at radius 2 is 2.30 bits per heavy atom. The van der Waals surface area contributed by atoms with E-state index in [9.17, 15) is 0 Å². The van der Waals surface area contributed by atoms with Gasteiger partial charge in [-0.1, -0.05) is 24.3 Å². The fourth-order valence-electron chi connectivity index (χ4n) is 5.66. The molecule has 5 nitrogen and oxygen atoms in total. The molecule has 1 aromatic heterocycles. The molecule has 2 bridgehead atoms. The Balaban J connectivity index is 1.46. The van der Waals surface area contributed by atoms with Gasteiger partial charge in [0.05, 0.1) is 18.7 Å². The van der Waals surface area contributed by atoms with Crippen molar-refractivity contribution in [1.82, 2.24) is 20.5 Å². The number of thiocarbonyl (C=S) groups is 1. The number of ether oxygens (including phenoxy) is 1. The lowest BCUT2D eigenvalue weighted by Gasteiger charge is -2.52. The van der Waals surface area contributed by atoms with Gasteiger partial charge in [0.1, 0.15) is 5.75 Å². The number of benzene rings is 1. The van der Waals surface area contributed by atoms with E-state index in [0.29, 0.717) is 23.0 Å². The predicted molar refractivity (Wildman–Crippen MR) is 138 cm³/mol. The van der Waals surface area contributed by atoms with Crippen LogP contribution in [0.2, 0.25) is 0 Å². The van der Waals surface area contributed by atoms with E-state index in [1.165, 1.54) is 17.6 Å². The van der Waals surface area contributed by atoms with Gasteiger partial charge in [-0.25, -0.2) is 0 Å². The Morgan fingerprint density at radius 3 is 3.03 bits per heavy atom. The Morgan fingerprint density at radius 1 is 1.39 bits per heavy atom. The highest BCUT2D eigenvalue weighted by molar-refractivity contribution is 7.80. The second-order valence-electron chi connectivity index (χ2n) is 9.29. The summed E-state index contributed by atoms with van der Waals surface area (Å²) >= 11 is 5.79. The minimum atomic E-state index is 0.0619. The van der Waals surface area contributed by atoms with E-state index >= 15 is 0 Å². The minimum absolute atomic E-state index is 0.0619. The molecule has 6 rings (SSSR count). The van der Waals surface area contributed by atoms with Gasteiger partial charge in [-0.3, -0.25) is 9.88 Å². The molecule has 33 heavy (non-hydrogen) atoms. The van der Waals surface area contributed by atoms with Gasteiger partial charge in [-0.15, -0.1) is 6.58 Å². The number of piperidine rings is 3. The Bertz CT molecular complexity index is 1110. The van der Waals surface area contributed by atoms with Gasteiger partial charge in [-0.2, -0.15) is 0 Å². The maximum absolute atomic E-state index is 5.79. The molecule has 1 aromatic carbocycles. The molecular formula is C27H32N4OS. The quantitative estimate of drug-likeness (QED) is 0.468. The number of hydrogen-bond acceptors (Lipinski definition) is 4. The van der Waals surface area contributed by atoms with Crippen molar-refractivity contribution >= 4 is 28.2 Å². The van der Waals surface area contributed by atoms with E-state index < -0.39 is 0 Å². The van der Waals surface area contributed by atoms with Crippen molar-refractivity contribution in [2.75, 3.05) is 26.7 Å². The molecular weight excluding hydrogens is 428 g/mol. The van der Waals surface area contributed by atoms with Crippen LogP contribution < -0.4 is 15.4 Å². The summed E-state index contributed by atoms with van der Waals surface area (Å²) in [6.07, 6.45) is 13.9. The lowest BCUT2D eigenvalue weighted by Crippen LogP contribution is -2.58. The zero-order chi connectivity index (χ0) is 22.8. The number of aromatic nitrogens is 1. The van der Waals surface area contributed by atoms with Gasteiger partial charge in [0.25, 0.3) is 0 Å². The number of hydrogen-bond donors (Lipinski definition) is 2. The number of allylic oxidation sites excluding steroid dienone is 3. The van der Waals surface area contributed by atoms with Crippen LogP contribution in [-0.4, -0.2) is 47.8 Å². The first-order valence-electron chi connectivity index (χ1n) is 11.8. The average Bonchev–Trinajstić information content (AvgIpc) is 3.39. The molecule has 0 saturated carbocycles. The summed E-state index contributed by atoms with van der Waals surface area (Å²) in [6.45, 7) is 7.07. The number of nitrogens with one attached hydrogen (secondary N) is 2. The molecule has 172 valence electrons. The van der Waals surface area contributed by atoms with Crippen LogP contribution in [0.4, 0.5) is 0 Å². The summed E-state index contributed by atoms with van der Waals surface area (Å²) in [6, 6.07) is 8.67. The third kappa shape index (κ3) is 4.55. The fourth-order valence-corrected chi connectivity index (χ4v) is 5.86. The van der Waals surface area contributed by atoms with E-state index in [-0.39, 0.29) is 6.04 Å². The average molecular weight is 461 g/mol. The molecule has 0 spiro atoms. The molecule has 2 N–H and O–H groups in total. The van der Waals surface area contributed by atoms with Crippen LogP contribution in [0.5, 0.6) is 5.75 Å². The van der Waals surface area contributed by atoms with E-state index in [0.717, 1.165) is 49.1 Å². The maximum atomic E-state index is 5.79. The summed E-state index contributed by atoms with van der Waals surface area (Å²) in [4.78, 5) is 7.24. The monoisotopic (exact) mass is 460 g/mol. The van der Waals surface area contributed by atoms with Crippen molar-refractivity contribution < 1.29 is 4.74 Å². The SMILES string of the molecule is C=CC1CN2CCC1CC2[C@H](NC(=S)NCC1=CC=CC1)c1ccnc2ccc(OC)cc12. The normalized spacial score (nSPS) is 26.6. The lowest BCUT2D eigenvalue weighted by atomic mass is 9.73. The van der Waals surface area contributed by atoms with Crippen LogP contribution in [0.3, 0.4) is 0 Å². The summed E-state index contributed by atoms with van der Waals surface area (Å²) < 4.78 is 5.54. The van der Waals surface area contributed by atoms with Crippen molar-refractivity contribution in [3.05, 3.63) is 72.5 Å². The number of nitrogens with zero attached hydrogens (tertiary/aromatic N) is 2. The highest BCUT2D eigenvalue weighted by Crippen LogP contribution is 2.42. The van der Waals surface area contributed by atoms with E-state index in [1.807, 2.05) is 18.3 Å². The van der Waals surface area contributed by atoms with Gasteiger partial charge in [0.15, 0.2) is 5.11 Å². The first-order valence-corrected chi connectivity index (χ1v) is 12.3. The Labute approximate surface area is 201 Å². The van der Waals surface area contributed by atoms with E-state index in [1.54, 1.807) is 7.11 Å². The molecule has 4 heterocycles. The number of pyridine rings is 1. The molecule has 0 amide bonds. The van der Waals surface area contributed by atoms with Gasteiger partial charge in [0.2, 0.25) is 0 Å². The zero-order valence-corrected chi connectivity index (χ0v) is 20.0. The van der Waals surface area contributed by atoms with Crippen LogP contribution in [-0.2, 0) is 0 Å². The van der Waals surface area contributed by atoms with E-state index in [2.05, 4.69) is 63.5 Å². The smallest absolute Gasteiger partial charge is 0.167 e. The molecule has 3 saturated heterocycles. The number of rotatable bonds is 7. The standard InChI is InChI=1S/C27H32N4OS/c1-3-19-17-31-13-11-20(19)14-25(31)26(30-27(33)29-16-18-6-4-5-7-18)22-10-12-28-24-9-8-21(32-2)15-23(22)24/h3-6,8-10,12,15,19-20,25-26H,1,7,11,13-14,16-17H2,2H3,(H2,29,30,33)/t19?,20?,25?,26-/m1/s1. The van der Waals surface area contributed by atoms with Crippen molar-refractivity contribution in [3.63, 3.8) is 0 Å².